The monoisotopic (exact) mass is 985 g/mol. The minimum Gasteiger partial charge on any atom is -0.504 e. The number of methoxy groups -OCH3 is 1. The summed E-state index contributed by atoms with van der Waals surface area (Å²) in [5.74, 6) is -0.904. The second-order valence-corrected chi connectivity index (χ2v) is 17.1. The Bertz CT molecular complexity index is 2690. The number of aromatic hydroxyl groups is 1. The molecule has 1 amide bonds. The molecular formula is C50H63N7O14. The fraction of sp³-hybridized carbons (Fsp3) is 0.460. The number of H-pyrrole nitrogens is 2. The van der Waals surface area contributed by atoms with E-state index >= 15 is 0 Å². The van der Waals surface area contributed by atoms with Crippen molar-refractivity contribution >= 4 is 51.1 Å². The molecule has 3 aromatic carbocycles. The van der Waals surface area contributed by atoms with E-state index in [1.807, 2.05) is 20.8 Å². The van der Waals surface area contributed by atoms with Crippen LogP contribution in [0, 0.1) is 5.41 Å². The number of phenols is 1. The number of nitrogens with zero attached hydrogens (tertiary/aromatic N) is 4. The Hall–Kier alpha value is -6.43. The normalized spacial score (nSPS) is 11.7. The molecular weight excluding hydrogens is 923 g/mol. The maximum Gasteiger partial charge on any atom is 0.258 e. The average Bonchev–Trinajstić information content (AvgIpc) is 4.11. The van der Waals surface area contributed by atoms with Gasteiger partial charge >= 0.3 is 0 Å². The SMILES string of the molecule is COCCOCCOCCOCCOc1c(O)cc(C(=O)Nc2nc3ccc(C(=O)C(C)(C)C)cc3[nH]2)cc1COCCOCCOCCOCCn1cc(C(=O)c2cc3cc(C(C)=O)ccc3[nH]2)nn1. The number of ether oxygens (including phenoxy) is 9. The molecule has 3 heterocycles. The maximum absolute atomic E-state index is 13.5. The third-order valence-corrected chi connectivity index (χ3v) is 10.6. The summed E-state index contributed by atoms with van der Waals surface area (Å²) >= 11 is 0. The molecule has 0 aliphatic rings. The molecule has 4 N–H and O–H groups in total. The number of fused-ring (bicyclic) bond motifs is 2. The van der Waals surface area contributed by atoms with Crippen molar-refractivity contribution in [1.29, 1.82) is 0 Å². The van der Waals surface area contributed by atoms with Crippen LogP contribution in [0.1, 0.15) is 80.5 Å². The van der Waals surface area contributed by atoms with E-state index in [1.54, 1.807) is 61.8 Å². The molecule has 6 aromatic rings. The Labute approximate surface area is 410 Å². The smallest absolute Gasteiger partial charge is 0.258 e. The van der Waals surface area contributed by atoms with Crippen molar-refractivity contribution in [2.75, 3.05) is 112 Å². The molecule has 0 unspecified atom stereocenters. The van der Waals surface area contributed by atoms with E-state index in [4.69, 9.17) is 42.6 Å². The number of rotatable bonds is 33. The first-order valence-electron chi connectivity index (χ1n) is 23.3. The molecule has 3 aromatic heterocycles. The Morgan fingerprint density at radius 1 is 0.676 bits per heavy atom. The highest BCUT2D eigenvalue weighted by molar-refractivity contribution is 6.09. The largest absolute Gasteiger partial charge is 0.504 e. The summed E-state index contributed by atoms with van der Waals surface area (Å²) in [5.41, 5.74) is 3.49. The number of aromatic amines is 2. The van der Waals surface area contributed by atoms with Gasteiger partial charge in [-0.05, 0) is 61.5 Å². The number of hydrogen-bond donors (Lipinski definition) is 4. The summed E-state index contributed by atoms with van der Waals surface area (Å²) in [4.78, 5) is 61.7. The second kappa shape index (κ2) is 27.2. The van der Waals surface area contributed by atoms with Crippen molar-refractivity contribution in [3.63, 3.8) is 0 Å². The van der Waals surface area contributed by atoms with Gasteiger partial charge in [-0.15, -0.1) is 5.10 Å². The molecule has 0 aliphatic carbocycles. The van der Waals surface area contributed by atoms with Gasteiger partial charge in [-0.25, -0.2) is 9.67 Å². The van der Waals surface area contributed by atoms with Crippen LogP contribution in [-0.2, 0) is 51.0 Å². The Morgan fingerprint density at radius 3 is 1.94 bits per heavy atom. The molecule has 0 bridgehead atoms. The Kier molecular flexibility index (Phi) is 20.7. The van der Waals surface area contributed by atoms with Gasteiger partial charge in [0.25, 0.3) is 5.91 Å². The number of phenolic OH excluding ortho intramolecular Hbond substituents is 1. The van der Waals surface area contributed by atoms with Gasteiger partial charge in [0.15, 0.2) is 28.8 Å². The summed E-state index contributed by atoms with van der Waals surface area (Å²) in [6.07, 6.45) is 1.56. The lowest BCUT2D eigenvalue weighted by atomic mass is 9.86. The molecule has 6 rings (SSSR count). The number of ketones is 3. The molecule has 0 spiro atoms. The topological polar surface area (TPSA) is 259 Å². The molecule has 0 fully saturated rings. The van der Waals surface area contributed by atoms with Crippen molar-refractivity contribution in [3.05, 3.63) is 94.4 Å². The molecule has 0 radical (unpaired) electrons. The quantitative estimate of drug-likeness (QED) is 0.0289. The molecule has 21 heteroatoms. The molecule has 0 aliphatic heterocycles. The first-order valence-corrected chi connectivity index (χ1v) is 23.3. The standard InChI is InChI=1S/C50H63N7O14/c1-33(58)34-6-8-39-36(26-34)29-42(51-39)45(60)43-31-57(56-55-43)10-11-64-14-15-66-18-19-68-22-23-70-32-38-27-37(30-44(59)46(38)71-25-24-69-21-20-67-17-16-65-13-12-63-5)48(62)54-49-52-40-9-7-35(28-41(40)53-49)47(61)50(2,3)4/h6-9,26-31,51,59H,10-25,32H2,1-5H3,(H2,52,53,54,62). The van der Waals surface area contributed by atoms with Crippen LogP contribution in [0.4, 0.5) is 5.95 Å². The number of amides is 1. The highest BCUT2D eigenvalue weighted by Crippen LogP contribution is 2.33. The molecule has 0 saturated heterocycles. The van der Waals surface area contributed by atoms with Gasteiger partial charge in [0.1, 0.15) is 6.61 Å². The van der Waals surface area contributed by atoms with Crippen molar-refractivity contribution in [2.24, 2.45) is 5.41 Å². The fourth-order valence-electron chi connectivity index (χ4n) is 6.91. The van der Waals surface area contributed by atoms with E-state index in [0.29, 0.717) is 113 Å². The zero-order valence-corrected chi connectivity index (χ0v) is 40.8. The fourth-order valence-corrected chi connectivity index (χ4v) is 6.91. The Balaban J connectivity index is 0.899. The number of benzene rings is 3. The number of aromatic nitrogens is 6. The van der Waals surface area contributed by atoms with Crippen LogP contribution < -0.4 is 10.1 Å². The highest BCUT2D eigenvalue weighted by Gasteiger charge is 2.24. The van der Waals surface area contributed by atoms with Crippen LogP contribution >= 0.6 is 0 Å². The van der Waals surface area contributed by atoms with E-state index in [2.05, 4.69) is 30.6 Å². The van der Waals surface area contributed by atoms with E-state index in [9.17, 15) is 24.3 Å². The van der Waals surface area contributed by atoms with E-state index in [-0.39, 0.29) is 79.1 Å². The number of nitrogens with one attached hydrogen (secondary N) is 3. The first kappa shape index (κ1) is 53.9. The maximum atomic E-state index is 13.5. The number of Topliss-reactive ketones (excluding diaryl/α,β-unsaturated/α-hetero) is 2. The van der Waals surface area contributed by atoms with Crippen LogP contribution in [0.5, 0.6) is 11.5 Å². The summed E-state index contributed by atoms with van der Waals surface area (Å²) in [6.45, 7) is 12.4. The summed E-state index contributed by atoms with van der Waals surface area (Å²) < 4.78 is 51.7. The van der Waals surface area contributed by atoms with Gasteiger partial charge in [0.2, 0.25) is 11.7 Å². The third kappa shape index (κ3) is 16.6. The van der Waals surface area contributed by atoms with E-state index in [1.165, 1.54) is 17.7 Å². The van der Waals surface area contributed by atoms with E-state index < -0.39 is 11.3 Å². The summed E-state index contributed by atoms with van der Waals surface area (Å²) in [5, 5.41) is 22.6. The lowest BCUT2D eigenvalue weighted by Crippen LogP contribution is -2.19. The summed E-state index contributed by atoms with van der Waals surface area (Å²) in [6, 6.07) is 14.9. The van der Waals surface area contributed by atoms with Crippen LogP contribution in [0.25, 0.3) is 21.9 Å². The van der Waals surface area contributed by atoms with Gasteiger partial charge in [-0.2, -0.15) is 0 Å². The minimum absolute atomic E-state index is 0.0161. The van der Waals surface area contributed by atoms with Crippen molar-refractivity contribution in [2.45, 2.75) is 40.8 Å². The first-order chi connectivity index (χ1) is 34.3. The van der Waals surface area contributed by atoms with Gasteiger partial charge in [-0.1, -0.05) is 26.0 Å². The molecule has 0 atom stereocenters. The van der Waals surface area contributed by atoms with Crippen LogP contribution in [0.3, 0.4) is 0 Å². The second-order valence-electron chi connectivity index (χ2n) is 17.1. The lowest BCUT2D eigenvalue weighted by Gasteiger charge is -2.16. The lowest BCUT2D eigenvalue weighted by molar-refractivity contribution is -0.00554. The Morgan fingerprint density at radius 2 is 1.30 bits per heavy atom. The third-order valence-electron chi connectivity index (χ3n) is 10.6. The zero-order chi connectivity index (χ0) is 50.6. The number of carbonyl (C=O) groups excluding carboxylic acids is 4. The highest BCUT2D eigenvalue weighted by atomic mass is 16.6. The molecule has 21 nitrogen and oxygen atoms in total. The predicted molar refractivity (Wildman–Crippen MR) is 260 cm³/mol. The number of carbonyl (C=O) groups is 4. The van der Waals surface area contributed by atoms with Gasteiger partial charge < -0.3 is 57.7 Å². The molecule has 382 valence electrons. The number of hydrogen-bond acceptors (Lipinski definition) is 17. The van der Waals surface area contributed by atoms with Crippen LogP contribution in [0.2, 0.25) is 0 Å². The van der Waals surface area contributed by atoms with Crippen LogP contribution in [0.15, 0.2) is 60.8 Å². The molecule has 71 heavy (non-hydrogen) atoms. The number of anilines is 1. The zero-order valence-electron chi connectivity index (χ0n) is 40.8. The number of imidazole rings is 1. The van der Waals surface area contributed by atoms with Crippen LogP contribution in [-0.4, -0.2) is 165 Å². The predicted octanol–water partition coefficient (Wildman–Crippen LogP) is 5.60. The van der Waals surface area contributed by atoms with Crippen molar-refractivity contribution < 1.29 is 66.9 Å². The van der Waals surface area contributed by atoms with Crippen molar-refractivity contribution in [3.8, 4) is 11.5 Å². The van der Waals surface area contributed by atoms with Gasteiger partial charge in [0, 0.05) is 45.7 Å². The van der Waals surface area contributed by atoms with Crippen molar-refractivity contribution in [1.82, 2.24) is 29.9 Å². The minimum atomic E-state index is -0.568. The van der Waals surface area contributed by atoms with E-state index in [0.717, 1.165) is 10.9 Å². The average molecular weight is 986 g/mol. The molecule has 0 saturated carbocycles. The van der Waals surface area contributed by atoms with Gasteiger partial charge in [-0.3, -0.25) is 24.5 Å². The summed E-state index contributed by atoms with van der Waals surface area (Å²) in [7, 11) is 1.61. The van der Waals surface area contributed by atoms with Gasteiger partial charge in [0.05, 0.1) is 129 Å².